The molecule has 26 nitrogen and oxygen atoms in total. The minimum Gasteiger partial charge on any atom is -0.480 e. The van der Waals surface area contributed by atoms with E-state index in [2.05, 4.69) is 0 Å². The Bertz CT molecular complexity index is 1690. The fourth-order valence-corrected chi connectivity index (χ4v) is 7.24. The number of nitriles is 1. The summed E-state index contributed by atoms with van der Waals surface area (Å²) in [5.41, 5.74) is 0.680. The fourth-order valence-electron chi connectivity index (χ4n) is 6.86. The molecule has 2 rings (SSSR count). The number of aliphatic carboxylic acids is 9. The molecule has 27 heteroatoms. The van der Waals surface area contributed by atoms with Gasteiger partial charge in [0.05, 0.1) is 58.9 Å². The molecule has 1 heterocycles. The van der Waals surface area contributed by atoms with Gasteiger partial charge in [-0.25, -0.2) is 0 Å². The Hall–Kier alpha value is -5.99. The van der Waals surface area contributed by atoms with Crippen LogP contribution >= 0.6 is 11.8 Å². The molecule has 0 aliphatic carbocycles. The van der Waals surface area contributed by atoms with Crippen molar-refractivity contribution >= 4 is 65.5 Å². The van der Waals surface area contributed by atoms with E-state index in [0.717, 1.165) is 16.7 Å². The molecule has 0 radical (unpaired) electrons. The van der Waals surface area contributed by atoms with Crippen molar-refractivity contribution in [2.75, 3.05) is 124 Å². The van der Waals surface area contributed by atoms with Crippen LogP contribution in [0.1, 0.15) is 12.5 Å². The standard InChI is InChI=1S/C23H30N4O10S.C16H28N4O8/c1-15(26(10-20(30)31)11-21(32)33)7-25(9-19(28)29)8-17(27(12-22(34)35)13-23(36)37)6-16-2-4-18(5-3-16)38-14-24;21-13(22)9-17-1-2-18(10-14(23)24)5-6-20(12-16(27)28)8-7-19(4-3-17)11-15(25)26/h2-5,15,17H,6-13H2,1H3,(H,28,29)(H,30,31)(H,32,33)(H,34,35)(H,36,37);1-12H2,(H,21,22)(H,23,24)(H,25,26)(H,27,28)/t15-,17?;/m1./s1. The minimum atomic E-state index is -1.29. The summed E-state index contributed by atoms with van der Waals surface area (Å²) in [6, 6.07) is 5.21. The highest BCUT2D eigenvalue weighted by Gasteiger charge is 2.29. The largest absolute Gasteiger partial charge is 0.480 e. The van der Waals surface area contributed by atoms with Crippen molar-refractivity contribution in [1.82, 2.24) is 34.3 Å². The molecule has 1 unspecified atom stereocenters. The lowest BCUT2D eigenvalue weighted by molar-refractivity contribution is -0.145. The van der Waals surface area contributed by atoms with Crippen LogP contribution in [0.4, 0.5) is 0 Å². The zero-order valence-corrected chi connectivity index (χ0v) is 37.1. The molecule has 368 valence electrons. The zero-order chi connectivity index (χ0) is 49.9. The molecule has 9 N–H and O–H groups in total. The molecule has 0 saturated carbocycles. The second-order valence-electron chi connectivity index (χ2n) is 15.2. The van der Waals surface area contributed by atoms with Crippen molar-refractivity contribution in [3.8, 4) is 5.40 Å². The van der Waals surface area contributed by atoms with Gasteiger partial charge in [-0.2, -0.15) is 5.26 Å². The van der Waals surface area contributed by atoms with Gasteiger partial charge in [0.25, 0.3) is 0 Å². The number of thiocyanates is 1. The Morgan fingerprint density at radius 3 is 1.12 bits per heavy atom. The van der Waals surface area contributed by atoms with Crippen LogP contribution in [0, 0.1) is 10.7 Å². The molecular formula is C39H58N8O18S. The molecule has 1 aromatic rings. The van der Waals surface area contributed by atoms with Gasteiger partial charge in [0.2, 0.25) is 0 Å². The number of nitrogens with zero attached hydrogens (tertiary/aromatic N) is 8. The topological polar surface area (TPSA) is 382 Å². The normalized spacial score (nSPS) is 15.6. The monoisotopic (exact) mass is 958 g/mol. The number of carbonyl (C=O) groups is 9. The number of benzene rings is 1. The van der Waals surface area contributed by atoms with Gasteiger partial charge in [-0.3, -0.25) is 77.5 Å². The summed E-state index contributed by atoms with van der Waals surface area (Å²) < 4.78 is 0. The van der Waals surface area contributed by atoms with E-state index >= 15 is 0 Å². The van der Waals surface area contributed by atoms with Crippen molar-refractivity contribution < 1.29 is 89.1 Å². The third-order valence-electron chi connectivity index (χ3n) is 9.77. The maximum Gasteiger partial charge on any atom is 0.317 e. The maximum atomic E-state index is 11.6. The third-order valence-corrected chi connectivity index (χ3v) is 10.4. The Morgan fingerprint density at radius 2 is 0.833 bits per heavy atom. The molecule has 1 fully saturated rings. The molecule has 1 aliphatic heterocycles. The Kier molecular flexibility index (Phi) is 27.3. The predicted octanol–water partition coefficient (Wildman–Crippen LogP) is -2.57. The van der Waals surface area contributed by atoms with Gasteiger partial charge in [0.15, 0.2) is 0 Å². The first-order valence-electron chi connectivity index (χ1n) is 20.2. The van der Waals surface area contributed by atoms with Crippen LogP contribution in [-0.2, 0) is 49.6 Å². The second kappa shape index (κ2) is 31.0. The fraction of sp³-hybridized carbons (Fsp3) is 0.590. The Labute approximate surface area is 383 Å². The highest BCUT2D eigenvalue weighted by Crippen LogP contribution is 2.19. The molecule has 0 amide bonds. The summed E-state index contributed by atoms with van der Waals surface area (Å²) in [7, 11) is 0. The van der Waals surface area contributed by atoms with E-state index in [9.17, 15) is 58.5 Å². The van der Waals surface area contributed by atoms with Crippen LogP contribution < -0.4 is 0 Å². The summed E-state index contributed by atoms with van der Waals surface area (Å²) in [6.07, 6.45) is 0.135. The number of carboxylic acids is 9. The quantitative estimate of drug-likeness (QED) is 0.0323. The summed E-state index contributed by atoms with van der Waals surface area (Å²) >= 11 is 0.939. The molecular weight excluding hydrogens is 901 g/mol. The van der Waals surface area contributed by atoms with Gasteiger partial charge < -0.3 is 46.0 Å². The van der Waals surface area contributed by atoms with Gasteiger partial charge >= 0.3 is 53.7 Å². The van der Waals surface area contributed by atoms with Gasteiger partial charge in [-0.05, 0) is 42.8 Å². The average Bonchev–Trinajstić information content (AvgIpc) is 3.17. The summed E-state index contributed by atoms with van der Waals surface area (Å²) in [4.78, 5) is 112. The van der Waals surface area contributed by atoms with Crippen molar-refractivity contribution in [3.63, 3.8) is 0 Å². The minimum absolute atomic E-state index is 0.0882. The van der Waals surface area contributed by atoms with E-state index in [1.165, 1.54) is 16.7 Å². The van der Waals surface area contributed by atoms with E-state index in [1.807, 2.05) is 5.40 Å². The van der Waals surface area contributed by atoms with Gasteiger partial charge in [-0.15, -0.1) is 0 Å². The lowest BCUT2D eigenvalue weighted by Crippen LogP contribution is -2.53. The van der Waals surface area contributed by atoms with E-state index in [-0.39, 0.29) is 45.7 Å². The molecule has 0 spiro atoms. The van der Waals surface area contributed by atoms with Gasteiger partial charge in [-0.1, -0.05) is 12.1 Å². The first-order chi connectivity index (χ1) is 30.9. The van der Waals surface area contributed by atoms with Crippen LogP contribution in [0.2, 0.25) is 0 Å². The van der Waals surface area contributed by atoms with Crippen LogP contribution in [0.25, 0.3) is 0 Å². The molecule has 66 heavy (non-hydrogen) atoms. The van der Waals surface area contributed by atoms with Gasteiger partial charge in [0.1, 0.15) is 5.40 Å². The van der Waals surface area contributed by atoms with E-state index in [0.29, 0.717) is 62.8 Å². The first kappa shape index (κ1) is 58.0. The second-order valence-corrected chi connectivity index (χ2v) is 16.1. The number of thioether (sulfide) groups is 1. The SMILES string of the molecule is C[C@H](CN(CC(=O)O)CC(Cc1ccc(SC#N)cc1)N(CC(=O)O)CC(=O)O)N(CC(=O)O)CC(=O)O.O=C(O)CN1CCN(CC(=O)O)CCN(CC(=O)O)CCN(CC(=O)O)CC1. The molecule has 1 saturated heterocycles. The van der Waals surface area contributed by atoms with Gasteiger partial charge in [0, 0.05) is 82.4 Å². The van der Waals surface area contributed by atoms with Crippen LogP contribution in [0.3, 0.4) is 0 Å². The number of hydrogen-bond acceptors (Lipinski definition) is 18. The van der Waals surface area contributed by atoms with Crippen LogP contribution in [0.15, 0.2) is 29.2 Å². The molecule has 2 atom stereocenters. The molecule has 0 aromatic heterocycles. The van der Waals surface area contributed by atoms with E-state index in [1.54, 1.807) is 43.9 Å². The number of hydrogen-bond donors (Lipinski definition) is 9. The Balaban J connectivity index is 0.000000691. The molecule has 1 aliphatic rings. The number of rotatable bonds is 27. The first-order valence-corrected chi connectivity index (χ1v) is 21.0. The average molecular weight is 959 g/mol. The van der Waals surface area contributed by atoms with Crippen molar-refractivity contribution in [3.05, 3.63) is 29.8 Å². The molecule has 0 bridgehead atoms. The summed E-state index contributed by atoms with van der Waals surface area (Å²) in [6.45, 7) is -0.164. The van der Waals surface area contributed by atoms with Crippen molar-refractivity contribution in [2.45, 2.75) is 30.3 Å². The smallest absolute Gasteiger partial charge is 0.317 e. The number of carboxylic acid groups (broad SMARTS) is 9. The lowest BCUT2D eigenvalue weighted by atomic mass is 10.0. The summed E-state index contributed by atoms with van der Waals surface area (Å²) in [5, 5.41) is 93.6. The van der Waals surface area contributed by atoms with E-state index < -0.39 is 98.5 Å². The lowest BCUT2D eigenvalue weighted by Gasteiger charge is -2.36. The summed E-state index contributed by atoms with van der Waals surface area (Å²) in [5.74, 6) is -10.4. The maximum absolute atomic E-state index is 11.6. The van der Waals surface area contributed by atoms with E-state index in [4.69, 9.17) is 35.9 Å². The highest BCUT2D eigenvalue weighted by atomic mass is 32.2. The Morgan fingerprint density at radius 1 is 0.515 bits per heavy atom. The molecule has 1 aromatic carbocycles. The van der Waals surface area contributed by atoms with Crippen molar-refractivity contribution in [2.24, 2.45) is 0 Å². The predicted molar refractivity (Wildman–Crippen MR) is 229 cm³/mol. The van der Waals surface area contributed by atoms with Crippen molar-refractivity contribution in [1.29, 1.82) is 5.26 Å². The third kappa shape index (κ3) is 27.4. The highest BCUT2D eigenvalue weighted by molar-refractivity contribution is 8.03. The van der Waals surface area contributed by atoms with Crippen LogP contribution in [0.5, 0.6) is 0 Å². The van der Waals surface area contributed by atoms with Crippen LogP contribution in [-0.4, -0.2) is 270 Å². The zero-order valence-electron chi connectivity index (χ0n) is 36.3.